The number of hydrogen-bond acceptors (Lipinski definition) is 4. The second-order valence-electron chi connectivity index (χ2n) is 3.00. The van der Waals surface area contributed by atoms with Crippen LogP contribution in [-0.2, 0) is 4.74 Å². The first-order valence-corrected chi connectivity index (χ1v) is 5.56. The number of aromatic nitrogens is 1. The summed E-state index contributed by atoms with van der Waals surface area (Å²) in [7, 11) is 0. The zero-order valence-corrected chi connectivity index (χ0v) is 10.8. The van der Waals surface area contributed by atoms with Gasteiger partial charge in [0, 0.05) is 10.7 Å². The number of amides is 1. The van der Waals surface area contributed by atoms with Crippen LogP contribution in [0.3, 0.4) is 0 Å². The summed E-state index contributed by atoms with van der Waals surface area (Å²) in [5.41, 5.74) is 4.85. The van der Waals surface area contributed by atoms with E-state index in [1.54, 1.807) is 19.2 Å². The molecule has 0 saturated heterocycles. The Labute approximate surface area is 106 Å². The Kier molecular flexibility index (Phi) is 4.82. The number of pyridine rings is 1. The second-order valence-corrected chi connectivity index (χ2v) is 4.27. The van der Waals surface area contributed by atoms with Crippen molar-refractivity contribution in [2.45, 2.75) is 13.0 Å². The summed E-state index contributed by atoms with van der Waals surface area (Å²) >= 11 is 9.03. The largest absolute Gasteiger partial charge is 0.486 e. The van der Waals surface area contributed by atoms with E-state index in [1.807, 2.05) is 0 Å². The molecule has 1 aromatic heterocycles. The van der Waals surface area contributed by atoms with Crippen molar-refractivity contribution in [3.05, 3.63) is 21.9 Å². The van der Waals surface area contributed by atoms with Gasteiger partial charge in [-0.1, -0.05) is 11.6 Å². The minimum Gasteiger partial charge on any atom is -0.486 e. The van der Waals surface area contributed by atoms with E-state index >= 15 is 0 Å². The summed E-state index contributed by atoms with van der Waals surface area (Å²) in [4.78, 5) is 14.3. The summed E-state index contributed by atoms with van der Waals surface area (Å²) in [5, 5.41) is 0.245. The summed E-state index contributed by atoms with van der Waals surface area (Å²) in [6.45, 7) is 1.81. The Bertz CT molecular complexity index is 389. The summed E-state index contributed by atoms with van der Waals surface area (Å²) in [5.74, 6) is 0.413. The van der Waals surface area contributed by atoms with E-state index in [0.717, 1.165) is 4.47 Å². The molecule has 0 aliphatic carbocycles. The molecule has 1 atom stereocenters. The van der Waals surface area contributed by atoms with Gasteiger partial charge in [-0.25, -0.2) is 9.78 Å². The number of rotatable bonds is 4. The molecular weight excluding hydrogens is 299 g/mol. The Morgan fingerprint density at radius 1 is 1.75 bits per heavy atom. The van der Waals surface area contributed by atoms with Gasteiger partial charge in [0.05, 0.1) is 0 Å². The molecule has 2 N–H and O–H groups in total. The van der Waals surface area contributed by atoms with Gasteiger partial charge in [-0.3, -0.25) is 0 Å². The minimum atomic E-state index is -0.838. The fraction of sp³-hybridized carbons (Fsp3) is 0.333. The van der Waals surface area contributed by atoms with Crippen LogP contribution >= 0.6 is 27.5 Å². The summed E-state index contributed by atoms with van der Waals surface area (Å²) < 4.78 is 10.7. The topological polar surface area (TPSA) is 74.4 Å². The molecule has 16 heavy (non-hydrogen) atoms. The van der Waals surface area contributed by atoms with Crippen molar-refractivity contribution in [2.24, 2.45) is 5.73 Å². The number of ether oxygens (including phenoxy) is 2. The molecule has 0 saturated carbocycles. The molecule has 0 fully saturated rings. The molecule has 1 aromatic rings. The fourth-order valence-electron chi connectivity index (χ4n) is 0.945. The van der Waals surface area contributed by atoms with Crippen LogP contribution in [-0.4, -0.2) is 23.8 Å². The Balaban J connectivity index is 2.54. The molecular formula is C9H10BrClN2O3. The third-order valence-corrected chi connectivity index (χ3v) is 2.28. The van der Waals surface area contributed by atoms with Crippen molar-refractivity contribution in [2.75, 3.05) is 6.61 Å². The van der Waals surface area contributed by atoms with Crippen molar-refractivity contribution in [1.82, 2.24) is 4.98 Å². The van der Waals surface area contributed by atoms with E-state index in [4.69, 9.17) is 22.1 Å². The lowest BCUT2D eigenvalue weighted by molar-refractivity contribution is 0.0822. The highest BCUT2D eigenvalue weighted by Gasteiger charge is 2.09. The van der Waals surface area contributed by atoms with Crippen LogP contribution < -0.4 is 10.5 Å². The molecule has 0 aromatic carbocycles. The van der Waals surface area contributed by atoms with Gasteiger partial charge in [0.1, 0.15) is 12.7 Å². The smallest absolute Gasteiger partial charge is 0.404 e. The number of halogens is 2. The van der Waals surface area contributed by atoms with Gasteiger partial charge < -0.3 is 15.2 Å². The molecule has 1 rings (SSSR count). The van der Waals surface area contributed by atoms with Gasteiger partial charge >= 0.3 is 6.09 Å². The molecule has 0 aliphatic rings. The van der Waals surface area contributed by atoms with Crippen LogP contribution in [0.5, 0.6) is 5.75 Å². The van der Waals surface area contributed by atoms with Crippen molar-refractivity contribution >= 4 is 33.6 Å². The van der Waals surface area contributed by atoms with Crippen LogP contribution in [0.15, 0.2) is 16.7 Å². The van der Waals surface area contributed by atoms with Crippen LogP contribution in [0.2, 0.25) is 5.15 Å². The molecule has 5 nitrogen and oxygen atoms in total. The average Bonchev–Trinajstić information content (AvgIpc) is 2.18. The van der Waals surface area contributed by atoms with Gasteiger partial charge in [-0.15, -0.1) is 0 Å². The van der Waals surface area contributed by atoms with Gasteiger partial charge in [-0.05, 0) is 28.9 Å². The van der Waals surface area contributed by atoms with Crippen molar-refractivity contribution < 1.29 is 14.3 Å². The normalized spacial score (nSPS) is 11.9. The highest BCUT2D eigenvalue weighted by molar-refractivity contribution is 9.10. The molecule has 0 bridgehead atoms. The third-order valence-electron chi connectivity index (χ3n) is 1.56. The number of carbonyl (C=O) groups excluding carboxylic acids is 1. The Morgan fingerprint density at radius 3 is 3.06 bits per heavy atom. The third kappa shape index (κ3) is 4.24. The first kappa shape index (κ1) is 13.1. The van der Waals surface area contributed by atoms with Crippen LogP contribution in [0.4, 0.5) is 4.79 Å². The lowest BCUT2D eigenvalue weighted by Gasteiger charge is -2.13. The molecule has 0 radical (unpaired) electrons. The zero-order chi connectivity index (χ0) is 12.1. The van der Waals surface area contributed by atoms with Crippen LogP contribution in [0.1, 0.15) is 6.92 Å². The minimum absolute atomic E-state index is 0.154. The van der Waals surface area contributed by atoms with Gasteiger partial charge in [0.25, 0.3) is 0 Å². The van der Waals surface area contributed by atoms with E-state index in [9.17, 15) is 4.79 Å². The van der Waals surface area contributed by atoms with Crippen molar-refractivity contribution in [3.63, 3.8) is 0 Å². The first-order valence-electron chi connectivity index (χ1n) is 4.39. The second kappa shape index (κ2) is 5.91. The average molecular weight is 310 g/mol. The summed E-state index contributed by atoms with van der Waals surface area (Å²) in [6, 6.07) is 1.67. The Morgan fingerprint density at radius 2 is 2.44 bits per heavy atom. The predicted molar refractivity (Wildman–Crippen MR) is 62.6 cm³/mol. The SMILES string of the molecule is C[C@H](COc1cc(Br)cnc1Cl)OC(N)=O. The van der Waals surface area contributed by atoms with Crippen molar-refractivity contribution in [3.8, 4) is 5.75 Å². The first-order chi connectivity index (χ1) is 7.49. The standard InChI is InChI=1S/C9H10BrClN2O3/c1-5(16-9(12)14)4-15-7-2-6(10)3-13-8(7)11/h2-3,5H,4H2,1H3,(H2,12,14)/t5-/m1/s1. The van der Waals surface area contributed by atoms with E-state index in [0.29, 0.717) is 5.75 Å². The van der Waals surface area contributed by atoms with Gasteiger partial charge in [0.2, 0.25) is 0 Å². The van der Waals surface area contributed by atoms with Gasteiger partial charge in [0.15, 0.2) is 10.9 Å². The quantitative estimate of drug-likeness (QED) is 0.866. The fourth-order valence-corrected chi connectivity index (χ4v) is 1.41. The molecule has 0 spiro atoms. The molecule has 7 heteroatoms. The number of nitrogens with zero attached hydrogens (tertiary/aromatic N) is 1. The van der Waals surface area contributed by atoms with E-state index < -0.39 is 12.2 Å². The lowest BCUT2D eigenvalue weighted by Crippen LogP contribution is -2.25. The lowest BCUT2D eigenvalue weighted by atomic mass is 10.4. The molecule has 88 valence electrons. The highest BCUT2D eigenvalue weighted by Crippen LogP contribution is 2.25. The van der Waals surface area contributed by atoms with E-state index in [2.05, 4.69) is 25.7 Å². The number of primary amides is 1. The monoisotopic (exact) mass is 308 g/mol. The molecule has 0 aliphatic heterocycles. The number of carbonyl (C=O) groups is 1. The van der Waals surface area contributed by atoms with E-state index in [1.165, 1.54) is 0 Å². The van der Waals surface area contributed by atoms with Gasteiger partial charge in [-0.2, -0.15) is 0 Å². The van der Waals surface area contributed by atoms with Crippen LogP contribution in [0.25, 0.3) is 0 Å². The maximum Gasteiger partial charge on any atom is 0.404 e. The molecule has 0 unspecified atom stereocenters. The highest BCUT2D eigenvalue weighted by atomic mass is 79.9. The van der Waals surface area contributed by atoms with Crippen molar-refractivity contribution in [1.29, 1.82) is 0 Å². The zero-order valence-electron chi connectivity index (χ0n) is 8.44. The number of nitrogens with two attached hydrogens (primary N) is 1. The Hall–Kier alpha value is -1.01. The van der Waals surface area contributed by atoms with E-state index in [-0.39, 0.29) is 11.8 Å². The predicted octanol–water partition coefficient (Wildman–Crippen LogP) is 2.36. The van der Waals surface area contributed by atoms with Crippen LogP contribution in [0, 0.1) is 0 Å². The molecule has 1 heterocycles. The molecule has 1 amide bonds. The number of hydrogen-bond donors (Lipinski definition) is 1. The summed E-state index contributed by atoms with van der Waals surface area (Å²) in [6.07, 6.45) is 0.264. The maximum absolute atomic E-state index is 10.4. The maximum atomic E-state index is 10.4.